The molecular weight excluding hydrogens is 590 g/mol. The normalized spacial score (nSPS) is 16.6. The number of aromatic nitrogens is 1. The molecule has 13 nitrogen and oxygen atoms in total. The molecule has 3 aromatic rings. The number of carboxylic acids is 1. The maximum absolute atomic E-state index is 13.9. The second-order valence-electron chi connectivity index (χ2n) is 11.5. The van der Waals surface area contributed by atoms with Gasteiger partial charge in [0.1, 0.15) is 18.1 Å². The number of para-hydroxylation sites is 1. The Labute approximate surface area is 267 Å². The average Bonchev–Trinajstić information content (AvgIpc) is 3.47. The van der Waals surface area contributed by atoms with Crippen molar-refractivity contribution < 1.29 is 29.1 Å². The number of amides is 5. The Balaban J connectivity index is 1.53. The molecule has 8 N–H and O–H groups in total. The van der Waals surface area contributed by atoms with Crippen LogP contribution in [-0.2, 0) is 32.0 Å². The molecule has 13 heteroatoms. The summed E-state index contributed by atoms with van der Waals surface area (Å²) in [5.74, 6) is -2.58. The first-order valence-corrected chi connectivity index (χ1v) is 15.6. The number of nitrogens with one attached hydrogen (secondary N) is 5. The van der Waals surface area contributed by atoms with Gasteiger partial charge in [0.2, 0.25) is 17.7 Å². The van der Waals surface area contributed by atoms with E-state index in [1.807, 2.05) is 54.6 Å². The number of fused-ring (bicyclic) bond motifs is 1. The Morgan fingerprint density at radius 1 is 0.957 bits per heavy atom. The van der Waals surface area contributed by atoms with Crippen molar-refractivity contribution in [3.63, 3.8) is 0 Å². The third kappa shape index (κ3) is 9.07. The van der Waals surface area contributed by atoms with Gasteiger partial charge >= 0.3 is 12.0 Å². The van der Waals surface area contributed by atoms with Gasteiger partial charge in [-0.1, -0.05) is 48.5 Å². The van der Waals surface area contributed by atoms with E-state index in [2.05, 4.69) is 26.3 Å². The summed E-state index contributed by atoms with van der Waals surface area (Å²) in [6, 6.07) is 12.7. The number of urea groups is 1. The number of H-pyrrole nitrogens is 1. The zero-order valence-corrected chi connectivity index (χ0v) is 26.0. The molecule has 2 aromatic carbocycles. The van der Waals surface area contributed by atoms with E-state index in [1.54, 1.807) is 18.1 Å². The Morgan fingerprint density at radius 3 is 2.41 bits per heavy atom. The molecule has 0 spiro atoms. The first-order valence-electron chi connectivity index (χ1n) is 15.6. The highest BCUT2D eigenvalue weighted by molar-refractivity contribution is 5.95. The van der Waals surface area contributed by atoms with E-state index in [9.17, 15) is 29.1 Å². The number of likely N-dealkylation sites (tertiary alicyclic amines) is 1. The van der Waals surface area contributed by atoms with E-state index < -0.39 is 48.0 Å². The summed E-state index contributed by atoms with van der Waals surface area (Å²) in [5.41, 5.74) is 7.69. The number of aliphatic carboxylic acids is 1. The highest BCUT2D eigenvalue weighted by Crippen LogP contribution is 2.22. The topological polar surface area (TPSA) is 199 Å². The maximum atomic E-state index is 13.9. The van der Waals surface area contributed by atoms with Gasteiger partial charge in [-0.2, -0.15) is 0 Å². The first-order chi connectivity index (χ1) is 22.2. The number of piperidine rings is 1. The lowest BCUT2D eigenvalue weighted by atomic mass is 9.97. The molecule has 0 saturated carbocycles. The number of likely N-dealkylation sites (N-methyl/N-ethyl adjacent to an activating group) is 1. The molecule has 2 heterocycles. The standard InChI is InChI=1S/C33H43N7O6/c1-35-27(18-21-10-3-2-4-11-21)31(43)40-17-8-7-15-28(40)30(42)39-26(19-22-20-37-24-13-6-5-12-23(22)24)29(41)38-25(32(44)45)14-9-16-36-33(34)46/h2-6,10-13,20,25-28,35,37H,7-9,14-19H2,1H3,(H,38,41)(H,39,42)(H,44,45)(H3,34,36,46)/t25-,26-,27+,28-/m0/s1. The molecule has 1 aliphatic heterocycles. The molecule has 4 rings (SSSR count). The molecule has 1 aromatic heterocycles. The average molecular weight is 634 g/mol. The van der Waals surface area contributed by atoms with Gasteiger partial charge in [0, 0.05) is 36.6 Å². The molecule has 5 amide bonds. The number of carbonyl (C=O) groups is 5. The highest BCUT2D eigenvalue weighted by Gasteiger charge is 2.37. The summed E-state index contributed by atoms with van der Waals surface area (Å²) in [5, 5.41) is 21.6. The van der Waals surface area contributed by atoms with Crippen LogP contribution in [0.3, 0.4) is 0 Å². The van der Waals surface area contributed by atoms with Crippen molar-refractivity contribution in [1.82, 2.24) is 31.2 Å². The smallest absolute Gasteiger partial charge is 0.326 e. The molecule has 246 valence electrons. The summed E-state index contributed by atoms with van der Waals surface area (Å²) in [6.07, 6.45) is 4.53. The second kappa shape index (κ2) is 16.4. The number of hydrogen-bond acceptors (Lipinski definition) is 6. The predicted octanol–water partition coefficient (Wildman–Crippen LogP) is 1.42. The predicted molar refractivity (Wildman–Crippen MR) is 173 cm³/mol. The largest absolute Gasteiger partial charge is 0.480 e. The van der Waals surface area contributed by atoms with Crippen molar-refractivity contribution >= 4 is 40.6 Å². The van der Waals surface area contributed by atoms with E-state index in [0.717, 1.165) is 34.9 Å². The number of hydrogen-bond donors (Lipinski definition) is 7. The number of nitrogens with two attached hydrogens (primary N) is 1. The number of carbonyl (C=O) groups excluding carboxylic acids is 4. The Kier molecular flexibility index (Phi) is 12.1. The Bertz CT molecular complexity index is 1510. The van der Waals surface area contributed by atoms with Crippen LogP contribution in [0.15, 0.2) is 60.8 Å². The van der Waals surface area contributed by atoms with Crippen molar-refractivity contribution in [3.05, 3.63) is 71.9 Å². The molecule has 0 radical (unpaired) electrons. The van der Waals surface area contributed by atoms with Crippen LogP contribution in [0.5, 0.6) is 0 Å². The van der Waals surface area contributed by atoms with Crippen LogP contribution >= 0.6 is 0 Å². The van der Waals surface area contributed by atoms with E-state index in [0.29, 0.717) is 19.4 Å². The van der Waals surface area contributed by atoms with Crippen LogP contribution in [0, 0.1) is 0 Å². The van der Waals surface area contributed by atoms with E-state index in [1.165, 1.54) is 0 Å². The molecule has 1 fully saturated rings. The summed E-state index contributed by atoms with van der Waals surface area (Å²) in [6.45, 7) is 0.553. The maximum Gasteiger partial charge on any atom is 0.326 e. The van der Waals surface area contributed by atoms with Crippen LogP contribution in [0.1, 0.15) is 43.2 Å². The Hall–Kier alpha value is -4.91. The zero-order chi connectivity index (χ0) is 33.1. The minimum absolute atomic E-state index is 0.0346. The van der Waals surface area contributed by atoms with Gasteiger partial charge in [-0.05, 0) is 62.8 Å². The van der Waals surface area contributed by atoms with Crippen molar-refractivity contribution in [3.8, 4) is 0 Å². The fraction of sp³-hybridized carbons (Fsp3) is 0.424. The van der Waals surface area contributed by atoms with Crippen molar-refractivity contribution in [2.75, 3.05) is 20.1 Å². The molecule has 4 atom stereocenters. The fourth-order valence-electron chi connectivity index (χ4n) is 5.88. The lowest BCUT2D eigenvalue weighted by Crippen LogP contribution is -2.60. The van der Waals surface area contributed by atoms with Gasteiger partial charge < -0.3 is 42.0 Å². The van der Waals surface area contributed by atoms with Gasteiger partial charge in [0.05, 0.1) is 6.04 Å². The summed E-state index contributed by atoms with van der Waals surface area (Å²) in [4.78, 5) is 69.1. The lowest BCUT2D eigenvalue weighted by molar-refractivity contribution is -0.145. The van der Waals surface area contributed by atoms with Gasteiger partial charge in [-0.25, -0.2) is 9.59 Å². The van der Waals surface area contributed by atoms with Crippen molar-refractivity contribution in [2.45, 2.75) is 69.1 Å². The molecule has 1 saturated heterocycles. The Morgan fingerprint density at radius 2 is 1.70 bits per heavy atom. The summed E-state index contributed by atoms with van der Waals surface area (Å²) >= 11 is 0. The minimum atomic E-state index is -1.26. The van der Waals surface area contributed by atoms with Crippen LogP contribution < -0.4 is 27.0 Å². The number of benzene rings is 2. The monoisotopic (exact) mass is 633 g/mol. The number of primary amides is 1. The summed E-state index contributed by atoms with van der Waals surface area (Å²) < 4.78 is 0. The van der Waals surface area contributed by atoms with Gasteiger partial charge in [-0.3, -0.25) is 14.4 Å². The van der Waals surface area contributed by atoms with Gasteiger partial charge in [0.15, 0.2) is 0 Å². The molecular formula is C33H43N7O6. The van der Waals surface area contributed by atoms with Crippen molar-refractivity contribution in [2.24, 2.45) is 5.73 Å². The third-order valence-electron chi connectivity index (χ3n) is 8.33. The van der Waals surface area contributed by atoms with Crippen LogP contribution in [0.2, 0.25) is 0 Å². The van der Waals surface area contributed by atoms with E-state index >= 15 is 0 Å². The number of carboxylic acid groups (broad SMARTS) is 1. The molecule has 1 aliphatic rings. The second-order valence-corrected chi connectivity index (χ2v) is 11.5. The van der Waals surface area contributed by atoms with E-state index in [-0.39, 0.29) is 31.7 Å². The lowest BCUT2D eigenvalue weighted by Gasteiger charge is -2.37. The van der Waals surface area contributed by atoms with Crippen LogP contribution in [-0.4, -0.2) is 89.0 Å². The van der Waals surface area contributed by atoms with Gasteiger partial charge in [-0.15, -0.1) is 0 Å². The fourth-order valence-corrected chi connectivity index (χ4v) is 5.88. The summed E-state index contributed by atoms with van der Waals surface area (Å²) in [7, 11) is 1.72. The van der Waals surface area contributed by atoms with Crippen LogP contribution in [0.25, 0.3) is 10.9 Å². The molecule has 0 unspecified atom stereocenters. The van der Waals surface area contributed by atoms with E-state index in [4.69, 9.17) is 5.73 Å². The quantitative estimate of drug-likeness (QED) is 0.123. The van der Waals surface area contributed by atoms with Crippen LogP contribution in [0.4, 0.5) is 4.79 Å². The van der Waals surface area contributed by atoms with Gasteiger partial charge in [0.25, 0.3) is 0 Å². The molecule has 0 bridgehead atoms. The SMILES string of the molecule is CN[C@H](Cc1ccccc1)C(=O)N1CCCC[C@H]1C(=O)N[C@@H](Cc1c[nH]c2ccccc12)C(=O)N[C@@H](CCCNC(N)=O)C(=O)O. The number of rotatable bonds is 15. The number of nitrogens with zero attached hydrogens (tertiary/aromatic N) is 1. The minimum Gasteiger partial charge on any atom is -0.480 e. The van der Waals surface area contributed by atoms with Crippen molar-refractivity contribution in [1.29, 1.82) is 0 Å². The third-order valence-corrected chi connectivity index (χ3v) is 8.33. The zero-order valence-electron chi connectivity index (χ0n) is 26.0. The first kappa shape index (κ1) is 34.0. The molecule has 46 heavy (non-hydrogen) atoms. The number of aromatic amines is 1. The molecule has 0 aliphatic carbocycles. The highest BCUT2D eigenvalue weighted by atomic mass is 16.4.